The van der Waals surface area contributed by atoms with Gasteiger partial charge in [-0.3, -0.25) is 0 Å². The van der Waals surface area contributed by atoms with Crippen LogP contribution in [0.4, 0.5) is 4.39 Å². The van der Waals surface area contributed by atoms with Crippen LogP contribution in [-0.4, -0.2) is 25.0 Å². The molecule has 0 aliphatic carbocycles. The van der Waals surface area contributed by atoms with Crippen molar-refractivity contribution >= 4 is 11.6 Å². The number of rotatable bonds is 4. The van der Waals surface area contributed by atoms with Gasteiger partial charge in [-0.25, -0.2) is 4.39 Å². The summed E-state index contributed by atoms with van der Waals surface area (Å²) in [7, 11) is 1.94. The van der Waals surface area contributed by atoms with Crippen LogP contribution in [-0.2, 0) is 6.54 Å². The summed E-state index contributed by atoms with van der Waals surface area (Å²) in [4.78, 5) is 2.02. The van der Waals surface area contributed by atoms with Crippen LogP contribution in [0.15, 0.2) is 18.2 Å². The molecule has 0 heterocycles. The SMILES string of the molecule is CN(CCN)Cc1cc(F)cc(Cl)c1. The van der Waals surface area contributed by atoms with E-state index in [1.165, 1.54) is 12.1 Å². The predicted molar refractivity (Wildman–Crippen MR) is 56.8 cm³/mol. The molecule has 0 saturated heterocycles. The summed E-state index contributed by atoms with van der Waals surface area (Å²) in [6.45, 7) is 2.04. The van der Waals surface area contributed by atoms with E-state index in [0.717, 1.165) is 12.1 Å². The van der Waals surface area contributed by atoms with Crippen molar-refractivity contribution < 1.29 is 4.39 Å². The number of nitrogens with zero attached hydrogens (tertiary/aromatic N) is 1. The highest BCUT2D eigenvalue weighted by molar-refractivity contribution is 6.30. The first kappa shape index (κ1) is 11.4. The molecular weight excluding hydrogens is 203 g/mol. The Morgan fingerprint density at radius 2 is 2.14 bits per heavy atom. The van der Waals surface area contributed by atoms with E-state index in [-0.39, 0.29) is 5.82 Å². The molecule has 0 spiro atoms. The molecule has 1 aromatic rings. The van der Waals surface area contributed by atoms with Crippen molar-refractivity contribution in [2.75, 3.05) is 20.1 Å². The Kier molecular flexibility index (Phi) is 4.32. The fourth-order valence-electron chi connectivity index (χ4n) is 1.31. The molecule has 2 nitrogen and oxygen atoms in total. The summed E-state index contributed by atoms with van der Waals surface area (Å²) < 4.78 is 12.9. The first-order valence-corrected chi connectivity index (χ1v) is 4.83. The summed E-state index contributed by atoms with van der Waals surface area (Å²) >= 11 is 5.73. The van der Waals surface area contributed by atoms with Crippen LogP contribution in [0.25, 0.3) is 0 Å². The zero-order valence-corrected chi connectivity index (χ0v) is 8.89. The van der Waals surface area contributed by atoms with E-state index in [0.29, 0.717) is 18.1 Å². The Hall–Kier alpha value is -0.640. The average molecular weight is 217 g/mol. The largest absolute Gasteiger partial charge is 0.329 e. The minimum absolute atomic E-state index is 0.298. The normalized spacial score (nSPS) is 10.9. The maximum absolute atomic E-state index is 12.9. The van der Waals surface area contributed by atoms with Crippen molar-refractivity contribution in [3.05, 3.63) is 34.6 Å². The van der Waals surface area contributed by atoms with E-state index >= 15 is 0 Å². The minimum Gasteiger partial charge on any atom is -0.329 e. The molecule has 0 unspecified atom stereocenters. The zero-order valence-electron chi connectivity index (χ0n) is 8.13. The van der Waals surface area contributed by atoms with E-state index in [1.54, 1.807) is 6.07 Å². The molecule has 0 aliphatic rings. The predicted octanol–water partition coefficient (Wildman–Crippen LogP) is 1.87. The minimum atomic E-state index is -0.298. The van der Waals surface area contributed by atoms with Gasteiger partial charge in [0.2, 0.25) is 0 Å². The van der Waals surface area contributed by atoms with Crippen LogP contribution >= 0.6 is 11.6 Å². The van der Waals surface area contributed by atoms with Gasteiger partial charge in [-0.15, -0.1) is 0 Å². The number of benzene rings is 1. The van der Waals surface area contributed by atoms with Crippen molar-refractivity contribution in [2.24, 2.45) is 5.73 Å². The monoisotopic (exact) mass is 216 g/mol. The third-order valence-electron chi connectivity index (χ3n) is 1.89. The van der Waals surface area contributed by atoms with Crippen molar-refractivity contribution in [1.29, 1.82) is 0 Å². The van der Waals surface area contributed by atoms with Crippen LogP contribution < -0.4 is 5.73 Å². The molecule has 0 fully saturated rings. The second-order valence-corrected chi connectivity index (χ2v) is 3.74. The maximum atomic E-state index is 12.9. The van der Waals surface area contributed by atoms with Crippen molar-refractivity contribution in [2.45, 2.75) is 6.54 Å². The molecule has 2 N–H and O–H groups in total. The van der Waals surface area contributed by atoms with Gasteiger partial charge in [0.15, 0.2) is 0 Å². The molecule has 78 valence electrons. The summed E-state index contributed by atoms with van der Waals surface area (Å²) in [6.07, 6.45) is 0. The van der Waals surface area contributed by atoms with Crippen LogP contribution in [0, 0.1) is 5.82 Å². The van der Waals surface area contributed by atoms with Gasteiger partial charge in [0.1, 0.15) is 5.82 Å². The Morgan fingerprint density at radius 3 is 2.71 bits per heavy atom. The standard InChI is InChI=1S/C10H14ClFN2/c1-14(3-2-13)7-8-4-9(11)6-10(12)5-8/h4-6H,2-3,7,13H2,1H3. The van der Waals surface area contributed by atoms with Gasteiger partial charge in [0.25, 0.3) is 0 Å². The molecule has 0 radical (unpaired) electrons. The average Bonchev–Trinajstić information content (AvgIpc) is 2.01. The molecule has 14 heavy (non-hydrogen) atoms. The molecule has 0 aromatic heterocycles. The van der Waals surface area contributed by atoms with E-state index < -0.39 is 0 Å². The topological polar surface area (TPSA) is 29.3 Å². The van der Waals surface area contributed by atoms with E-state index in [2.05, 4.69) is 0 Å². The quantitative estimate of drug-likeness (QED) is 0.833. The van der Waals surface area contributed by atoms with Gasteiger partial charge < -0.3 is 10.6 Å². The van der Waals surface area contributed by atoms with Gasteiger partial charge in [-0.05, 0) is 30.8 Å². The fraction of sp³-hybridized carbons (Fsp3) is 0.400. The van der Waals surface area contributed by atoms with Crippen molar-refractivity contribution in [3.8, 4) is 0 Å². The number of hydrogen-bond donors (Lipinski definition) is 1. The highest BCUT2D eigenvalue weighted by Crippen LogP contribution is 2.15. The molecule has 1 aromatic carbocycles. The maximum Gasteiger partial charge on any atom is 0.125 e. The number of halogens is 2. The van der Waals surface area contributed by atoms with Crippen molar-refractivity contribution in [1.82, 2.24) is 4.90 Å². The highest BCUT2D eigenvalue weighted by atomic mass is 35.5. The molecular formula is C10H14ClFN2. The Labute approximate surface area is 88.5 Å². The van der Waals surface area contributed by atoms with E-state index in [1.807, 2.05) is 11.9 Å². The van der Waals surface area contributed by atoms with E-state index in [9.17, 15) is 4.39 Å². The number of nitrogens with two attached hydrogens (primary N) is 1. The Balaban J connectivity index is 2.66. The molecule has 4 heteroatoms. The number of likely N-dealkylation sites (N-methyl/N-ethyl adjacent to an activating group) is 1. The molecule has 1 rings (SSSR count). The van der Waals surface area contributed by atoms with Crippen LogP contribution in [0.2, 0.25) is 5.02 Å². The van der Waals surface area contributed by atoms with Crippen LogP contribution in [0.5, 0.6) is 0 Å². The van der Waals surface area contributed by atoms with Gasteiger partial charge in [-0.1, -0.05) is 11.6 Å². The second kappa shape index (κ2) is 5.29. The lowest BCUT2D eigenvalue weighted by Gasteiger charge is -2.15. The van der Waals surface area contributed by atoms with Gasteiger partial charge in [0.05, 0.1) is 0 Å². The molecule has 0 bridgehead atoms. The second-order valence-electron chi connectivity index (χ2n) is 3.30. The molecule has 0 atom stereocenters. The third-order valence-corrected chi connectivity index (χ3v) is 2.10. The smallest absolute Gasteiger partial charge is 0.125 e. The first-order valence-electron chi connectivity index (χ1n) is 4.45. The first-order chi connectivity index (χ1) is 6.61. The lowest BCUT2D eigenvalue weighted by molar-refractivity contribution is 0.336. The molecule has 0 amide bonds. The fourth-order valence-corrected chi connectivity index (χ4v) is 1.56. The Bertz CT molecular complexity index is 284. The summed E-state index contributed by atoms with van der Waals surface area (Å²) in [5.41, 5.74) is 6.27. The lowest BCUT2D eigenvalue weighted by Crippen LogP contribution is -2.24. The van der Waals surface area contributed by atoms with Crippen LogP contribution in [0.3, 0.4) is 0 Å². The van der Waals surface area contributed by atoms with Crippen molar-refractivity contribution in [3.63, 3.8) is 0 Å². The summed E-state index contributed by atoms with van der Waals surface area (Å²) in [5.74, 6) is -0.298. The third kappa shape index (κ3) is 3.62. The summed E-state index contributed by atoms with van der Waals surface area (Å²) in [6, 6.07) is 4.55. The highest BCUT2D eigenvalue weighted by Gasteiger charge is 2.02. The molecule has 0 saturated carbocycles. The van der Waals surface area contributed by atoms with Crippen LogP contribution in [0.1, 0.15) is 5.56 Å². The Morgan fingerprint density at radius 1 is 1.43 bits per heavy atom. The zero-order chi connectivity index (χ0) is 10.6. The molecule has 0 aliphatic heterocycles. The van der Waals surface area contributed by atoms with Gasteiger partial charge >= 0.3 is 0 Å². The number of hydrogen-bond acceptors (Lipinski definition) is 2. The van der Waals surface area contributed by atoms with E-state index in [4.69, 9.17) is 17.3 Å². The van der Waals surface area contributed by atoms with Gasteiger partial charge in [0, 0.05) is 24.7 Å². The summed E-state index contributed by atoms with van der Waals surface area (Å²) in [5, 5.41) is 0.432. The lowest BCUT2D eigenvalue weighted by atomic mass is 10.2. The van der Waals surface area contributed by atoms with Gasteiger partial charge in [-0.2, -0.15) is 0 Å².